The van der Waals surface area contributed by atoms with Gasteiger partial charge in [-0.3, -0.25) is 14.4 Å². The topological polar surface area (TPSA) is 104 Å². The summed E-state index contributed by atoms with van der Waals surface area (Å²) < 4.78 is 6.96. The maximum absolute atomic E-state index is 12.1. The largest absolute Gasteiger partial charge is 0.466 e. The van der Waals surface area contributed by atoms with E-state index in [1.54, 1.807) is 63.4 Å². The molecular formula is C95H138Br2INO5. The first-order valence-electron chi connectivity index (χ1n) is 45.0. The highest BCUT2D eigenvalue weighted by molar-refractivity contribution is 14.1. The quantitative estimate of drug-likeness (QED) is 0.183. The molecule has 33 rings (SSSR count). The van der Waals surface area contributed by atoms with E-state index in [0.717, 1.165) is 160 Å². The molecule has 0 amide bonds. The van der Waals surface area contributed by atoms with Crippen molar-refractivity contribution < 1.29 is 24.2 Å². The van der Waals surface area contributed by atoms with Crippen molar-refractivity contribution in [2.75, 3.05) is 6.61 Å². The van der Waals surface area contributed by atoms with Crippen molar-refractivity contribution in [2.24, 2.45) is 157 Å². The molecule has 104 heavy (non-hydrogen) atoms. The van der Waals surface area contributed by atoms with Gasteiger partial charge in [0.15, 0.2) is 0 Å². The lowest BCUT2D eigenvalue weighted by molar-refractivity contribution is -0.171. The molecular weight excluding hydrogens is 1520 g/mol. The molecule has 1 aromatic carbocycles. The molecule has 0 aromatic heterocycles. The Balaban J connectivity index is 0.0000000850. The average Bonchev–Trinajstić information content (AvgIpc) is 0.697. The molecule has 0 unspecified atom stereocenters. The van der Waals surface area contributed by atoms with Gasteiger partial charge in [0.1, 0.15) is 11.6 Å². The summed E-state index contributed by atoms with van der Waals surface area (Å²) in [7, 11) is 0. The molecule has 32 bridgehead atoms. The number of Topliss-reactive ketones (excluding diaryl/α,β-unsaturated/α-hetero) is 2. The van der Waals surface area contributed by atoms with Crippen LogP contribution in [0.15, 0.2) is 24.3 Å². The van der Waals surface area contributed by atoms with Gasteiger partial charge in [0, 0.05) is 29.3 Å². The maximum atomic E-state index is 12.1. The Labute approximate surface area is 661 Å². The first kappa shape index (κ1) is 74.6. The number of hydrogen-bond donors (Lipinski definition) is 1. The monoisotopic (exact) mass is 1660 g/mol. The van der Waals surface area contributed by atoms with Gasteiger partial charge in [-0.1, -0.05) is 98.1 Å². The van der Waals surface area contributed by atoms with Crippen molar-refractivity contribution in [3.05, 3.63) is 35.4 Å². The van der Waals surface area contributed by atoms with Crippen molar-refractivity contribution in [1.82, 2.24) is 0 Å². The van der Waals surface area contributed by atoms with Crippen LogP contribution in [0.1, 0.15) is 341 Å². The number of ether oxygens (including phenoxy) is 1. The SMILES string of the molecule is CC(=O)C12CC3CC(CC(C3)C1)C2.CC12CC3(C)CC(Br)(C1)CC(Br)(C2)C3.CCOC(=O)C12CC3CC(CC(C3)C1)C2.Cc1ccc(C23CC4CC(CC(C4)C2)C3)cc1.IC12CC3CC(CC(C3)C1)C2.N#CC12CC3CC(CC(C3)C1)C2.O=C1C2CC3CC(C2)CC1C3.OC12CC3CC(CC(C3)C1)C2. The van der Waals surface area contributed by atoms with E-state index < -0.39 is 0 Å². The van der Waals surface area contributed by atoms with E-state index in [9.17, 15) is 24.8 Å². The lowest BCUT2D eigenvalue weighted by atomic mass is 9.45. The second-order valence-electron chi connectivity index (χ2n) is 45.9. The number of rotatable bonds is 4. The van der Waals surface area contributed by atoms with Crippen LogP contribution in [0, 0.1) is 176 Å². The molecule has 9 heteroatoms. The molecule has 0 atom stereocenters. The molecule has 32 aliphatic carbocycles. The summed E-state index contributed by atoms with van der Waals surface area (Å²) >= 11 is 10.8. The van der Waals surface area contributed by atoms with Crippen molar-refractivity contribution in [3.8, 4) is 6.07 Å². The van der Waals surface area contributed by atoms with Crippen LogP contribution >= 0.6 is 54.5 Å². The maximum Gasteiger partial charge on any atom is 0.312 e. The minimum Gasteiger partial charge on any atom is -0.466 e. The highest BCUT2D eigenvalue weighted by Crippen LogP contribution is 2.73. The summed E-state index contributed by atoms with van der Waals surface area (Å²) in [5, 5.41) is 19.3. The minimum atomic E-state index is -0.200. The molecule has 32 aliphatic rings. The third kappa shape index (κ3) is 15.1. The van der Waals surface area contributed by atoms with Gasteiger partial charge >= 0.3 is 5.97 Å². The third-order valence-corrected chi connectivity index (χ3v) is 38.9. The van der Waals surface area contributed by atoms with Gasteiger partial charge in [-0.15, -0.1) is 0 Å². The van der Waals surface area contributed by atoms with Crippen LogP contribution < -0.4 is 0 Å². The number of nitrogens with zero attached hydrogens (tertiary/aromatic N) is 1. The highest BCUT2D eigenvalue weighted by atomic mass is 127. The van der Waals surface area contributed by atoms with E-state index in [1.807, 2.05) is 13.8 Å². The number of carbonyl (C=O) groups excluding carboxylic acids is 3. The smallest absolute Gasteiger partial charge is 0.312 e. The van der Waals surface area contributed by atoms with Crippen LogP contribution in [0.3, 0.4) is 0 Å². The minimum absolute atomic E-state index is 0.0508. The standard InChI is InChI=1S/C17H22.C13H20O2.C12H18Br2.C12H18O.C11H15N.C10H15I.C10H16O.C10H14O/c1-12-2-4-16(5-3-12)17-9-13-6-14(10-17)8-15(7-13)11-17;1-2-15-12(14)13-6-9-3-10(7-13)5-11(4-9)8-13;1-9-3-10(2)6-11(13,4-9)8-12(14,5-9)7-10;1-8(13)12-5-9-2-10(6-12)4-11(3-9)7-12;12-7-11-4-8-1-9(5-11)3-10(2-8)6-11;2*11-10-4-7-1-8(5-10)3-9(2-7)6-10;11-10-8-2-6-1-7(4-8)5-9(10)3-6/h2-5,13-15H,6-11H2,1H3;9-11H,2-8H2,1H3;3-8H2,1-2H3;9-11H,2-7H2,1H3;8-10H,1-6H2;7-9H,1-6H2;7-9,11H,1-6H2;6-9H,1-5H2. The molecule has 574 valence electrons. The second-order valence-corrected chi connectivity index (χ2v) is 51.6. The van der Waals surface area contributed by atoms with Gasteiger partial charge in [-0.2, -0.15) is 5.26 Å². The van der Waals surface area contributed by atoms with E-state index in [2.05, 4.69) is 106 Å². The molecule has 0 aliphatic heterocycles. The van der Waals surface area contributed by atoms with Crippen LogP contribution in [0.25, 0.3) is 0 Å². The van der Waals surface area contributed by atoms with Gasteiger partial charge in [0.25, 0.3) is 0 Å². The fraction of sp³-hybridized carbons (Fsp3) is 0.895. The van der Waals surface area contributed by atoms with Crippen LogP contribution in [-0.2, 0) is 24.5 Å². The predicted molar refractivity (Wildman–Crippen MR) is 433 cm³/mol. The zero-order chi connectivity index (χ0) is 71.8. The molecule has 32 saturated carbocycles. The Morgan fingerprint density at radius 3 is 1.04 bits per heavy atom. The van der Waals surface area contributed by atoms with Crippen LogP contribution in [0.5, 0.6) is 0 Å². The summed E-state index contributed by atoms with van der Waals surface area (Å²) in [6.07, 6.45) is 64.5. The lowest BCUT2D eigenvalue weighted by Gasteiger charge is -2.66. The van der Waals surface area contributed by atoms with Gasteiger partial charge in [-0.25, -0.2) is 0 Å². The van der Waals surface area contributed by atoms with Crippen molar-refractivity contribution >= 4 is 72.0 Å². The summed E-state index contributed by atoms with van der Waals surface area (Å²) in [6, 6.07) is 12.1. The Bertz CT molecular complexity index is 3030. The van der Waals surface area contributed by atoms with Crippen LogP contribution in [0.4, 0.5) is 0 Å². The fourth-order valence-electron chi connectivity index (χ4n) is 35.9. The summed E-state index contributed by atoms with van der Waals surface area (Å²) in [4.78, 5) is 35.3. The second kappa shape index (κ2) is 27.7. The van der Waals surface area contributed by atoms with Gasteiger partial charge in [0.2, 0.25) is 0 Å². The zero-order valence-electron chi connectivity index (χ0n) is 65.6. The number of nitriles is 1. The Hall–Kier alpha value is -0.830. The van der Waals surface area contributed by atoms with Crippen LogP contribution in [-0.4, -0.2) is 46.9 Å². The van der Waals surface area contributed by atoms with E-state index >= 15 is 0 Å². The van der Waals surface area contributed by atoms with E-state index in [1.165, 1.54) is 211 Å². The number of halogens is 3. The molecule has 0 radical (unpaired) electrons. The highest BCUT2D eigenvalue weighted by Gasteiger charge is 2.65. The Morgan fingerprint density at radius 1 is 0.442 bits per heavy atom. The number of aryl methyl sites for hydroxylation is 1. The molecule has 6 nitrogen and oxygen atoms in total. The van der Waals surface area contributed by atoms with Crippen LogP contribution in [0.2, 0.25) is 0 Å². The number of esters is 1. The average molecular weight is 1660 g/mol. The Morgan fingerprint density at radius 2 is 0.740 bits per heavy atom. The lowest BCUT2D eigenvalue weighted by Crippen LogP contribution is -2.61. The number of ketones is 2. The number of aliphatic hydroxyl groups is 1. The molecule has 1 aromatic rings. The summed E-state index contributed by atoms with van der Waals surface area (Å²) in [5.74, 6) is 21.4. The van der Waals surface area contributed by atoms with Crippen molar-refractivity contribution in [3.63, 3.8) is 0 Å². The first-order valence-corrected chi connectivity index (χ1v) is 47.6. The molecule has 1 N–H and O–H groups in total. The number of benzene rings is 1. The predicted octanol–water partition coefficient (Wildman–Crippen LogP) is 24.7. The zero-order valence-corrected chi connectivity index (χ0v) is 70.9. The molecule has 0 heterocycles. The van der Waals surface area contributed by atoms with E-state index in [-0.39, 0.29) is 27.8 Å². The molecule has 0 spiro atoms. The first-order chi connectivity index (χ1) is 49.5. The molecule has 32 fully saturated rings. The number of carbonyl (C=O) groups is 3. The summed E-state index contributed by atoms with van der Waals surface area (Å²) in [6.45, 7) is 11.5. The van der Waals surface area contributed by atoms with E-state index in [0.29, 0.717) is 54.9 Å². The number of hydrogen-bond acceptors (Lipinski definition) is 6. The normalized spacial score (nSPS) is 54.1. The summed E-state index contributed by atoms with van der Waals surface area (Å²) in [5.41, 5.74) is 4.89. The number of alkyl halides is 3. The van der Waals surface area contributed by atoms with Gasteiger partial charge < -0.3 is 9.84 Å². The van der Waals surface area contributed by atoms with Gasteiger partial charge in [0.05, 0.1) is 29.1 Å². The third-order valence-electron chi connectivity index (χ3n) is 35.9. The van der Waals surface area contributed by atoms with Crippen molar-refractivity contribution in [2.45, 2.75) is 359 Å². The van der Waals surface area contributed by atoms with Gasteiger partial charge in [-0.05, 0) is 463 Å². The van der Waals surface area contributed by atoms with E-state index in [4.69, 9.17) is 4.74 Å². The van der Waals surface area contributed by atoms with Crippen molar-refractivity contribution in [1.29, 1.82) is 5.26 Å². The fourth-order valence-corrected chi connectivity index (χ4v) is 42.0. The Kier molecular flexibility index (Phi) is 19.9. The molecule has 0 saturated heterocycles.